The van der Waals surface area contributed by atoms with Crippen LogP contribution in [0.4, 0.5) is 0 Å². The molecule has 0 saturated heterocycles. The van der Waals surface area contributed by atoms with Crippen LogP contribution in [0, 0.1) is 22.7 Å². The summed E-state index contributed by atoms with van der Waals surface area (Å²) in [6.45, 7) is 20.2. The fourth-order valence-electron chi connectivity index (χ4n) is 3.16. The van der Waals surface area contributed by atoms with Crippen LogP contribution >= 0.6 is 0 Å². The summed E-state index contributed by atoms with van der Waals surface area (Å²) in [6.07, 6.45) is 6.15. The highest BCUT2D eigenvalue weighted by molar-refractivity contribution is 5.04. The van der Waals surface area contributed by atoms with Crippen molar-refractivity contribution >= 4 is 0 Å². The predicted molar refractivity (Wildman–Crippen MR) is 81.8 cm³/mol. The number of nitrogens with zero attached hydrogens (tertiary/aromatic N) is 1. The molecule has 1 nitrogen and oxygen atoms in total. The Kier molecular flexibility index (Phi) is 5.05. The van der Waals surface area contributed by atoms with Crippen LogP contribution in [0.1, 0.15) is 54.9 Å². The van der Waals surface area contributed by atoms with Gasteiger partial charge in [0.15, 0.2) is 0 Å². The minimum atomic E-state index is 0.358. The summed E-state index contributed by atoms with van der Waals surface area (Å²) in [5, 5.41) is 0. The van der Waals surface area contributed by atoms with E-state index in [2.05, 4.69) is 65.5 Å². The van der Waals surface area contributed by atoms with Crippen molar-refractivity contribution in [3.63, 3.8) is 0 Å². The molecule has 0 fully saturated rings. The van der Waals surface area contributed by atoms with E-state index in [0.717, 1.165) is 12.5 Å². The molecule has 0 radical (unpaired) electrons. The summed E-state index contributed by atoms with van der Waals surface area (Å²) in [7, 11) is 0. The Morgan fingerprint density at radius 2 is 1.67 bits per heavy atom. The normalized spacial score (nSPS) is 27.3. The van der Waals surface area contributed by atoms with Gasteiger partial charge in [0, 0.05) is 13.1 Å². The zero-order valence-electron chi connectivity index (χ0n) is 13.6. The second kappa shape index (κ2) is 5.77. The highest BCUT2D eigenvalue weighted by Gasteiger charge is 2.38. The fraction of sp³-hybridized carbons (Fsp3) is 0.882. The summed E-state index contributed by atoms with van der Waals surface area (Å²) in [6, 6.07) is 0. The van der Waals surface area contributed by atoms with Gasteiger partial charge in [0.2, 0.25) is 0 Å². The van der Waals surface area contributed by atoms with Crippen molar-refractivity contribution in [1.29, 1.82) is 0 Å². The first-order valence-corrected chi connectivity index (χ1v) is 7.55. The zero-order valence-corrected chi connectivity index (χ0v) is 13.6. The van der Waals surface area contributed by atoms with Gasteiger partial charge in [-0.3, -0.25) is 4.90 Å². The predicted octanol–water partition coefficient (Wildman–Crippen LogP) is 4.59. The van der Waals surface area contributed by atoms with E-state index in [9.17, 15) is 0 Å². The largest absolute Gasteiger partial charge is 0.299 e. The second-order valence-corrected chi connectivity index (χ2v) is 8.05. The Bertz CT molecular complexity index is 277. The van der Waals surface area contributed by atoms with E-state index >= 15 is 0 Å². The van der Waals surface area contributed by atoms with Crippen molar-refractivity contribution in [2.75, 3.05) is 19.6 Å². The molecule has 0 aliphatic carbocycles. The van der Waals surface area contributed by atoms with E-state index < -0.39 is 0 Å². The quantitative estimate of drug-likeness (QED) is 0.649. The molecule has 1 heterocycles. The van der Waals surface area contributed by atoms with Crippen LogP contribution in [0.5, 0.6) is 0 Å². The van der Waals surface area contributed by atoms with Gasteiger partial charge in [0.25, 0.3) is 0 Å². The molecule has 1 aliphatic rings. The highest BCUT2D eigenvalue weighted by atomic mass is 15.1. The average Bonchev–Trinajstić information content (AvgIpc) is 2.39. The molecule has 1 aliphatic heterocycles. The van der Waals surface area contributed by atoms with E-state index in [1.165, 1.54) is 19.5 Å². The van der Waals surface area contributed by atoms with Crippen LogP contribution in [0.3, 0.4) is 0 Å². The van der Waals surface area contributed by atoms with E-state index in [4.69, 9.17) is 0 Å². The van der Waals surface area contributed by atoms with E-state index in [-0.39, 0.29) is 0 Å². The SMILES string of the molecule is CCCN1CC=CC(C(C)(C)C)C(C(C)(C)C)C1. The standard InChI is InChI=1S/C17H33N/c1-8-11-18-12-9-10-14(16(2,3)4)15(13-18)17(5,6)7/h9-10,14-15H,8,11-13H2,1-7H3. The molecule has 0 aromatic carbocycles. The molecule has 0 aromatic heterocycles. The van der Waals surface area contributed by atoms with Crippen molar-refractivity contribution in [3.05, 3.63) is 12.2 Å². The Balaban J connectivity index is 2.97. The van der Waals surface area contributed by atoms with E-state index in [1.807, 2.05) is 0 Å². The van der Waals surface area contributed by atoms with Gasteiger partial charge < -0.3 is 0 Å². The molecule has 0 bridgehead atoms. The Morgan fingerprint density at radius 1 is 1.06 bits per heavy atom. The molecule has 0 saturated carbocycles. The number of rotatable bonds is 2. The van der Waals surface area contributed by atoms with Gasteiger partial charge in [-0.05, 0) is 35.6 Å². The first-order chi connectivity index (χ1) is 8.16. The summed E-state index contributed by atoms with van der Waals surface area (Å²) >= 11 is 0. The topological polar surface area (TPSA) is 3.24 Å². The molecule has 1 heteroatoms. The van der Waals surface area contributed by atoms with Gasteiger partial charge in [-0.1, -0.05) is 60.6 Å². The van der Waals surface area contributed by atoms with Crippen molar-refractivity contribution in [3.8, 4) is 0 Å². The molecule has 2 atom stereocenters. The first-order valence-electron chi connectivity index (χ1n) is 7.55. The third kappa shape index (κ3) is 4.12. The Hall–Kier alpha value is -0.300. The van der Waals surface area contributed by atoms with Crippen LogP contribution in [0.2, 0.25) is 0 Å². The first kappa shape index (κ1) is 15.8. The fourth-order valence-corrected chi connectivity index (χ4v) is 3.16. The van der Waals surface area contributed by atoms with E-state index in [0.29, 0.717) is 16.7 Å². The lowest BCUT2D eigenvalue weighted by atomic mass is 9.64. The van der Waals surface area contributed by atoms with Crippen LogP contribution in [0.15, 0.2) is 12.2 Å². The number of hydrogen-bond acceptors (Lipinski definition) is 1. The van der Waals surface area contributed by atoms with Crippen molar-refractivity contribution in [1.82, 2.24) is 4.90 Å². The van der Waals surface area contributed by atoms with Crippen molar-refractivity contribution in [2.24, 2.45) is 22.7 Å². The van der Waals surface area contributed by atoms with Crippen molar-refractivity contribution < 1.29 is 0 Å². The minimum absolute atomic E-state index is 0.358. The summed E-state index contributed by atoms with van der Waals surface area (Å²) in [5.41, 5.74) is 0.731. The van der Waals surface area contributed by atoms with Crippen LogP contribution in [0.25, 0.3) is 0 Å². The van der Waals surface area contributed by atoms with Crippen LogP contribution in [-0.4, -0.2) is 24.5 Å². The lowest BCUT2D eigenvalue weighted by Crippen LogP contribution is -2.41. The molecular weight excluding hydrogens is 218 g/mol. The van der Waals surface area contributed by atoms with Gasteiger partial charge in [-0.25, -0.2) is 0 Å². The molecule has 0 spiro atoms. The maximum atomic E-state index is 2.62. The molecule has 2 unspecified atom stereocenters. The van der Waals surface area contributed by atoms with Crippen molar-refractivity contribution in [2.45, 2.75) is 54.9 Å². The zero-order chi connectivity index (χ0) is 14.0. The molecule has 106 valence electrons. The summed E-state index contributed by atoms with van der Waals surface area (Å²) < 4.78 is 0. The summed E-state index contributed by atoms with van der Waals surface area (Å²) in [4.78, 5) is 2.62. The third-order valence-corrected chi connectivity index (χ3v) is 4.25. The lowest BCUT2D eigenvalue weighted by molar-refractivity contribution is 0.0747. The minimum Gasteiger partial charge on any atom is -0.299 e. The van der Waals surface area contributed by atoms with Gasteiger partial charge in [0.1, 0.15) is 0 Å². The number of allylic oxidation sites excluding steroid dienone is 1. The third-order valence-electron chi connectivity index (χ3n) is 4.25. The molecule has 0 aromatic rings. The second-order valence-electron chi connectivity index (χ2n) is 8.05. The van der Waals surface area contributed by atoms with Crippen LogP contribution < -0.4 is 0 Å². The van der Waals surface area contributed by atoms with E-state index in [1.54, 1.807) is 0 Å². The lowest BCUT2D eigenvalue weighted by Gasteiger charge is -2.43. The Labute approximate surface area is 115 Å². The van der Waals surface area contributed by atoms with Gasteiger partial charge in [-0.15, -0.1) is 0 Å². The monoisotopic (exact) mass is 251 g/mol. The maximum absolute atomic E-state index is 2.62. The highest BCUT2D eigenvalue weighted by Crippen LogP contribution is 2.43. The molecule has 0 amide bonds. The Morgan fingerprint density at radius 3 is 2.11 bits per heavy atom. The smallest absolute Gasteiger partial charge is 0.0163 e. The molecule has 1 rings (SSSR count). The van der Waals surface area contributed by atoms with Gasteiger partial charge in [-0.2, -0.15) is 0 Å². The summed E-state index contributed by atoms with van der Waals surface area (Å²) in [5.74, 6) is 1.42. The maximum Gasteiger partial charge on any atom is 0.0163 e. The average molecular weight is 251 g/mol. The number of hydrogen-bond donors (Lipinski definition) is 0. The molecular formula is C17H33N. The van der Waals surface area contributed by atoms with Gasteiger partial charge >= 0.3 is 0 Å². The molecule has 0 N–H and O–H groups in total. The van der Waals surface area contributed by atoms with Gasteiger partial charge in [0.05, 0.1) is 0 Å². The van der Waals surface area contributed by atoms with Crippen LogP contribution in [-0.2, 0) is 0 Å². The molecule has 18 heavy (non-hydrogen) atoms.